The second kappa shape index (κ2) is 4.86. The third-order valence-electron chi connectivity index (χ3n) is 1.43. The van der Waals surface area contributed by atoms with Gasteiger partial charge in [-0.15, -0.1) is 0 Å². The second-order valence-electron chi connectivity index (χ2n) is 2.73. The molecule has 1 unspecified atom stereocenters. The Balaban J connectivity index is 4.99. The molecule has 104 valence electrons. The lowest BCUT2D eigenvalue weighted by Gasteiger charge is -2.29. The number of ether oxygens (including phenoxy) is 1. The summed E-state index contributed by atoms with van der Waals surface area (Å²) in [6.07, 6.45) is -21.0. The average Bonchev–Trinajstić information content (AvgIpc) is 2.14. The lowest BCUT2D eigenvalue weighted by atomic mass is 10.3. The zero-order valence-electron chi connectivity index (χ0n) is 7.55. The van der Waals surface area contributed by atoms with Crippen molar-refractivity contribution in [3.63, 3.8) is 0 Å². The van der Waals surface area contributed by atoms with Crippen molar-refractivity contribution in [1.82, 2.24) is 0 Å². The van der Waals surface area contributed by atoms with Crippen molar-refractivity contribution in [3.8, 4) is 0 Å². The van der Waals surface area contributed by atoms with Gasteiger partial charge in [-0.1, -0.05) is 0 Å². The second-order valence-corrected chi connectivity index (χ2v) is 2.73. The Bertz CT molecular complexity index is 251. The van der Waals surface area contributed by atoms with Gasteiger partial charge in [-0.05, 0) is 0 Å². The Morgan fingerprint density at radius 2 is 1.29 bits per heavy atom. The predicted octanol–water partition coefficient (Wildman–Crippen LogP) is 3.40. The Kier molecular flexibility index (Phi) is 4.65. The van der Waals surface area contributed by atoms with Crippen molar-refractivity contribution >= 4 is 0 Å². The first-order valence-electron chi connectivity index (χ1n) is 3.70. The molecule has 0 heterocycles. The molecule has 0 aromatic rings. The van der Waals surface area contributed by atoms with Crippen LogP contribution in [0.15, 0.2) is 0 Å². The molecule has 0 aliphatic rings. The minimum absolute atomic E-state index is 1.99. The Hall–Kier alpha value is -0.740. The Morgan fingerprint density at radius 1 is 0.882 bits per heavy atom. The summed E-state index contributed by atoms with van der Waals surface area (Å²) in [5, 5.41) is 0. The maximum Gasteiger partial charge on any atom is 0.429 e. The van der Waals surface area contributed by atoms with Crippen LogP contribution < -0.4 is 0 Å². The SMILES string of the molecule is FCC(F)C(F)(F)OC(F)(F)C(F)(F)C(F)F. The molecule has 0 amide bonds. The van der Waals surface area contributed by atoms with Crippen LogP contribution >= 0.6 is 0 Å². The van der Waals surface area contributed by atoms with E-state index in [4.69, 9.17) is 0 Å². The highest BCUT2D eigenvalue weighted by molar-refractivity contribution is 4.82. The molecule has 0 saturated carbocycles. The summed E-state index contributed by atoms with van der Waals surface area (Å²) in [7, 11) is 0. The van der Waals surface area contributed by atoms with Gasteiger partial charge in [0.2, 0.25) is 6.17 Å². The van der Waals surface area contributed by atoms with E-state index in [9.17, 15) is 43.9 Å². The highest BCUT2D eigenvalue weighted by Crippen LogP contribution is 2.44. The Labute approximate surface area is 87.3 Å². The topological polar surface area (TPSA) is 9.23 Å². The van der Waals surface area contributed by atoms with Crippen molar-refractivity contribution in [3.05, 3.63) is 0 Å². The monoisotopic (exact) mass is 282 g/mol. The maximum atomic E-state index is 12.2. The van der Waals surface area contributed by atoms with Crippen molar-refractivity contribution in [2.45, 2.75) is 30.7 Å². The maximum absolute atomic E-state index is 12.2. The van der Waals surface area contributed by atoms with Gasteiger partial charge in [0, 0.05) is 0 Å². The summed E-state index contributed by atoms with van der Waals surface area (Å²) in [4.78, 5) is 0. The molecule has 0 radical (unpaired) electrons. The molecule has 0 N–H and O–H groups in total. The summed E-state index contributed by atoms with van der Waals surface area (Å²) < 4.78 is 121. The standard InChI is InChI=1S/C6H4F10O/c7-1-2(8)5(13,14)17-6(15,16)4(11,12)3(9)10/h2-3H,1H2. The molecule has 0 aliphatic heterocycles. The molecule has 0 rings (SSSR count). The smallest absolute Gasteiger partial charge is 0.248 e. The molecular formula is C6H4F10O. The minimum atomic E-state index is -6.36. The van der Waals surface area contributed by atoms with Gasteiger partial charge in [0.25, 0.3) is 0 Å². The fourth-order valence-electron chi connectivity index (χ4n) is 0.520. The quantitative estimate of drug-likeness (QED) is 0.678. The van der Waals surface area contributed by atoms with Crippen LogP contribution in [-0.2, 0) is 4.74 Å². The summed E-state index contributed by atoms with van der Waals surface area (Å²) in [6, 6.07) is 0. The minimum Gasteiger partial charge on any atom is -0.248 e. The average molecular weight is 282 g/mol. The Morgan fingerprint density at radius 3 is 1.59 bits per heavy atom. The van der Waals surface area contributed by atoms with Crippen LogP contribution in [0.2, 0.25) is 0 Å². The molecule has 0 fully saturated rings. The molecular weight excluding hydrogens is 278 g/mol. The van der Waals surface area contributed by atoms with Crippen LogP contribution in [0.5, 0.6) is 0 Å². The van der Waals surface area contributed by atoms with Crippen molar-refractivity contribution < 1.29 is 48.6 Å². The summed E-state index contributed by atoms with van der Waals surface area (Å²) in [5.74, 6) is -6.27. The van der Waals surface area contributed by atoms with E-state index in [0.717, 1.165) is 0 Å². The normalized spacial score (nSPS) is 16.4. The van der Waals surface area contributed by atoms with Gasteiger partial charge in [0.15, 0.2) is 0 Å². The molecule has 0 aromatic carbocycles. The highest BCUT2D eigenvalue weighted by atomic mass is 19.4. The van der Waals surface area contributed by atoms with Crippen molar-refractivity contribution in [2.24, 2.45) is 0 Å². The van der Waals surface area contributed by atoms with Crippen LogP contribution in [0.4, 0.5) is 43.9 Å². The third kappa shape index (κ3) is 3.36. The van der Waals surface area contributed by atoms with Gasteiger partial charge in [-0.25, -0.2) is 22.3 Å². The highest BCUT2D eigenvalue weighted by Gasteiger charge is 2.68. The fourth-order valence-corrected chi connectivity index (χ4v) is 0.520. The van der Waals surface area contributed by atoms with E-state index in [2.05, 4.69) is 0 Å². The van der Waals surface area contributed by atoms with E-state index < -0.39 is 37.4 Å². The van der Waals surface area contributed by atoms with Crippen LogP contribution in [0.25, 0.3) is 0 Å². The summed E-state index contributed by atoms with van der Waals surface area (Å²) in [6.45, 7) is -2.52. The predicted molar refractivity (Wildman–Crippen MR) is 32.8 cm³/mol. The number of rotatable bonds is 6. The largest absolute Gasteiger partial charge is 0.429 e. The number of hydrogen-bond acceptors (Lipinski definition) is 1. The van der Waals surface area contributed by atoms with Gasteiger partial charge in [-0.2, -0.15) is 26.3 Å². The van der Waals surface area contributed by atoms with E-state index in [1.165, 1.54) is 0 Å². The van der Waals surface area contributed by atoms with Crippen molar-refractivity contribution in [2.75, 3.05) is 6.67 Å². The first-order valence-corrected chi connectivity index (χ1v) is 3.70. The van der Waals surface area contributed by atoms with Gasteiger partial charge in [-0.3, -0.25) is 0 Å². The van der Waals surface area contributed by atoms with Gasteiger partial charge in [0.05, 0.1) is 0 Å². The first-order chi connectivity index (χ1) is 7.38. The molecule has 11 heteroatoms. The molecule has 0 saturated heterocycles. The van der Waals surface area contributed by atoms with E-state index >= 15 is 0 Å². The van der Waals surface area contributed by atoms with Gasteiger partial charge in [0.1, 0.15) is 6.67 Å². The first kappa shape index (κ1) is 16.3. The van der Waals surface area contributed by atoms with Crippen LogP contribution in [0.1, 0.15) is 0 Å². The molecule has 1 nitrogen and oxygen atoms in total. The number of halogens is 10. The van der Waals surface area contributed by atoms with Crippen LogP contribution in [-0.4, -0.2) is 37.4 Å². The molecule has 0 bridgehead atoms. The van der Waals surface area contributed by atoms with E-state index in [1.807, 2.05) is 4.74 Å². The zero-order chi connectivity index (χ0) is 14.1. The van der Waals surface area contributed by atoms with Crippen molar-refractivity contribution in [1.29, 1.82) is 0 Å². The zero-order valence-corrected chi connectivity index (χ0v) is 7.55. The molecule has 1 atom stereocenters. The van der Waals surface area contributed by atoms with Gasteiger partial charge < -0.3 is 0 Å². The van der Waals surface area contributed by atoms with E-state index in [-0.39, 0.29) is 0 Å². The van der Waals surface area contributed by atoms with Crippen LogP contribution in [0, 0.1) is 0 Å². The lowest BCUT2D eigenvalue weighted by Crippen LogP contribution is -2.53. The number of alkyl halides is 10. The molecule has 0 aromatic heterocycles. The summed E-state index contributed by atoms with van der Waals surface area (Å²) >= 11 is 0. The fraction of sp³-hybridized carbons (Fsp3) is 1.00. The molecule has 0 aliphatic carbocycles. The van der Waals surface area contributed by atoms with E-state index in [1.54, 1.807) is 0 Å². The summed E-state index contributed by atoms with van der Waals surface area (Å²) in [5.41, 5.74) is 0. The van der Waals surface area contributed by atoms with Crippen LogP contribution in [0.3, 0.4) is 0 Å². The van der Waals surface area contributed by atoms with E-state index in [0.29, 0.717) is 0 Å². The molecule has 0 spiro atoms. The lowest BCUT2D eigenvalue weighted by molar-refractivity contribution is -0.453. The number of hydrogen-bond donors (Lipinski definition) is 0. The van der Waals surface area contributed by atoms with Gasteiger partial charge >= 0.3 is 24.6 Å². The molecule has 17 heavy (non-hydrogen) atoms. The third-order valence-corrected chi connectivity index (χ3v) is 1.43.